The number of aromatic nitrogens is 6. The number of nitrogens with two attached hydrogens (primary N) is 1. The Morgan fingerprint density at radius 1 is 1.08 bits per heavy atom. The van der Waals surface area contributed by atoms with Crippen molar-refractivity contribution in [3.8, 4) is 21.9 Å². The first kappa shape index (κ1) is 24.1. The van der Waals surface area contributed by atoms with E-state index < -0.39 is 29.3 Å². The van der Waals surface area contributed by atoms with E-state index in [1.54, 1.807) is 42.1 Å². The summed E-state index contributed by atoms with van der Waals surface area (Å²) in [6.45, 7) is 1.74. The van der Waals surface area contributed by atoms with E-state index >= 15 is 0 Å². The quantitative estimate of drug-likeness (QED) is 0.314. The Kier molecular flexibility index (Phi) is 5.95. The van der Waals surface area contributed by atoms with Crippen LogP contribution in [-0.4, -0.2) is 35.4 Å². The lowest BCUT2D eigenvalue weighted by atomic mass is 10.2. The number of benzene rings is 2. The lowest BCUT2D eigenvalue weighted by Gasteiger charge is -2.11. The van der Waals surface area contributed by atoms with Crippen LogP contribution in [0, 0.1) is 12.7 Å². The van der Waals surface area contributed by atoms with Crippen LogP contribution >= 0.6 is 11.3 Å². The van der Waals surface area contributed by atoms with E-state index in [-0.39, 0.29) is 16.5 Å². The molecule has 0 fully saturated rings. The fourth-order valence-electron chi connectivity index (χ4n) is 3.59. The third kappa shape index (κ3) is 4.78. The van der Waals surface area contributed by atoms with Crippen LogP contribution in [0.2, 0.25) is 0 Å². The molecule has 3 heterocycles. The molecule has 3 aromatic heterocycles. The topological polar surface area (TPSA) is 117 Å². The summed E-state index contributed by atoms with van der Waals surface area (Å²) in [5.41, 5.74) is 4.80. The molecule has 0 unspecified atom stereocenters. The van der Waals surface area contributed by atoms with Gasteiger partial charge in [-0.2, -0.15) is 18.3 Å². The van der Waals surface area contributed by atoms with Crippen molar-refractivity contribution in [3.05, 3.63) is 84.0 Å². The molecule has 0 aliphatic rings. The molecule has 0 atom stereocenters. The molecule has 1 amide bonds. The van der Waals surface area contributed by atoms with Crippen LogP contribution in [-0.2, 0) is 6.18 Å². The summed E-state index contributed by atoms with van der Waals surface area (Å²) in [5, 5.41) is 14.2. The Bertz CT molecular complexity index is 1620. The molecule has 0 saturated heterocycles. The highest BCUT2D eigenvalue weighted by atomic mass is 32.1. The first-order valence-corrected chi connectivity index (χ1v) is 11.4. The van der Waals surface area contributed by atoms with Gasteiger partial charge in [-0.25, -0.2) is 14.1 Å². The van der Waals surface area contributed by atoms with E-state index in [1.807, 2.05) is 0 Å². The number of hydrogen-bond donors (Lipinski definition) is 2. The molecule has 0 spiro atoms. The summed E-state index contributed by atoms with van der Waals surface area (Å²) < 4.78 is 57.8. The molecule has 0 saturated carbocycles. The van der Waals surface area contributed by atoms with Gasteiger partial charge in [-0.15, -0.1) is 10.2 Å². The van der Waals surface area contributed by atoms with Crippen LogP contribution in [0.5, 0.6) is 0 Å². The summed E-state index contributed by atoms with van der Waals surface area (Å²) in [4.78, 5) is 17.1. The Hall–Kier alpha value is -4.59. The van der Waals surface area contributed by atoms with Gasteiger partial charge in [0.05, 0.1) is 11.4 Å². The molecule has 5 aromatic rings. The predicted octanol–water partition coefficient (Wildman–Crippen LogP) is 4.88. The van der Waals surface area contributed by atoms with Crippen LogP contribution < -0.4 is 11.1 Å². The zero-order valence-corrected chi connectivity index (χ0v) is 19.7. The van der Waals surface area contributed by atoms with Crippen molar-refractivity contribution in [2.75, 3.05) is 11.1 Å². The van der Waals surface area contributed by atoms with Gasteiger partial charge in [0.25, 0.3) is 5.91 Å². The average Bonchev–Trinajstić information content (AvgIpc) is 3.60. The maximum Gasteiger partial charge on any atom is 0.435 e. The van der Waals surface area contributed by atoms with Gasteiger partial charge in [-0.1, -0.05) is 23.5 Å². The number of nitrogens with one attached hydrogen (secondary N) is 1. The van der Waals surface area contributed by atoms with Crippen molar-refractivity contribution < 1.29 is 22.4 Å². The minimum Gasteiger partial charge on any atom is -0.374 e. The molecule has 0 aliphatic heterocycles. The Morgan fingerprint density at radius 2 is 1.89 bits per heavy atom. The normalized spacial score (nSPS) is 11.6. The molecule has 37 heavy (non-hydrogen) atoms. The van der Waals surface area contributed by atoms with Gasteiger partial charge in [-0.3, -0.25) is 4.79 Å². The maximum absolute atomic E-state index is 14.8. The highest BCUT2D eigenvalue weighted by molar-refractivity contribution is 7.18. The van der Waals surface area contributed by atoms with Gasteiger partial charge in [-0.05, 0) is 31.2 Å². The zero-order valence-electron chi connectivity index (χ0n) is 18.9. The Morgan fingerprint density at radius 3 is 2.54 bits per heavy atom. The van der Waals surface area contributed by atoms with Crippen molar-refractivity contribution in [1.29, 1.82) is 0 Å². The predicted molar refractivity (Wildman–Crippen MR) is 128 cm³/mol. The third-order valence-corrected chi connectivity index (χ3v) is 6.12. The van der Waals surface area contributed by atoms with Crippen LogP contribution in [0.15, 0.2) is 60.9 Å². The van der Waals surface area contributed by atoms with E-state index in [9.17, 15) is 22.4 Å². The summed E-state index contributed by atoms with van der Waals surface area (Å²) in [7, 11) is 0. The first-order valence-electron chi connectivity index (χ1n) is 10.6. The second-order valence-corrected chi connectivity index (χ2v) is 8.79. The number of nitrogens with zero attached hydrogens (tertiary/aromatic N) is 6. The molecule has 0 bridgehead atoms. The summed E-state index contributed by atoms with van der Waals surface area (Å²) in [6, 6.07) is 10.8. The van der Waals surface area contributed by atoms with Crippen LogP contribution in [0.3, 0.4) is 0 Å². The number of rotatable bonds is 5. The number of halogens is 4. The van der Waals surface area contributed by atoms with Gasteiger partial charge in [0.2, 0.25) is 5.13 Å². The van der Waals surface area contributed by atoms with E-state index in [1.165, 1.54) is 24.3 Å². The molecule has 5 rings (SSSR count). The fraction of sp³-hybridized carbons (Fsp3) is 0.0870. The molecular weight excluding hydrogens is 512 g/mol. The van der Waals surface area contributed by atoms with Crippen molar-refractivity contribution in [2.24, 2.45) is 0 Å². The van der Waals surface area contributed by atoms with E-state index in [0.29, 0.717) is 28.1 Å². The number of amides is 1. The second-order valence-electron chi connectivity index (χ2n) is 7.78. The highest BCUT2D eigenvalue weighted by Crippen LogP contribution is 2.31. The summed E-state index contributed by atoms with van der Waals surface area (Å²) >= 11 is 1.09. The largest absolute Gasteiger partial charge is 0.435 e. The number of nitrogen functional groups attached to an aromatic ring is 1. The third-order valence-electron chi connectivity index (χ3n) is 5.32. The van der Waals surface area contributed by atoms with Gasteiger partial charge >= 0.3 is 6.18 Å². The lowest BCUT2D eigenvalue weighted by Crippen LogP contribution is -2.18. The van der Waals surface area contributed by atoms with Crippen molar-refractivity contribution in [3.63, 3.8) is 0 Å². The number of anilines is 2. The van der Waals surface area contributed by atoms with Gasteiger partial charge in [0.1, 0.15) is 22.3 Å². The first-order chi connectivity index (χ1) is 17.6. The molecule has 0 aliphatic carbocycles. The Balaban J connectivity index is 1.50. The van der Waals surface area contributed by atoms with E-state index in [0.717, 1.165) is 16.0 Å². The SMILES string of the molecule is Cc1nccn1-c1ccc(NC(=O)c2cc(C(F)(F)F)nn2-c2cccc(-c3nnc(N)s3)c2)c(F)c1. The molecule has 0 radical (unpaired) electrons. The van der Waals surface area contributed by atoms with Crippen LogP contribution in [0.25, 0.3) is 21.9 Å². The number of carbonyl (C=O) groups excluding carboxylic acids is 1. The minimum absolute atomic E-state index is 0.151. The van der Waals surface area contributed by atoms with Crippen LogP contribution in [0.4, 0.5) is 28.4 Å². The monoisotopic (exact) mass is 528 g/mol. The van der Waals surface area contributed by atoms with Crippen molar-refractivity contribution in [2.45, 2.75) is 13.1 Å². The number of hydrogen-bond acceptors (Lipinski definition) is 7. The minimum atomic E-state index is -4.82. The standard InChI is InChI=1S/C23H16F4N8OS/c1-12-29-7-8-34(12)14-5-6-17(16(24)10-14)30-20(36)18-11-19(23(25,26)27)33-35(18)15-4-2-3-13(9-15)21-31-32-22(28)37-21/h2-11H,1H3,(H2,28,32)(H,30,36). The summed E-state index contributed by atoms with van der Waals surface area (Å²) in [5.74, 6) is -1.14. The van der Waals surface area contributed by atoms with Crippen molar-refractivity contribution >= 4 is 28.1 Å². The van der Waals surface area contributed by atoms with Gasteiger partial charge < -0.3 is 15.6 Å². The zero-order chi connectivity index (χ0) is 26.3. The van der Waals surface area contributed by atoms with E-state index in [4.69, 9.17) is 5.73 Å². The number of aryl methyl sites for hydroxylation is 1. The molecular formula is C23H16F4N8OS. The number of carbonyl (C=O) groups is 1. The molecule has 9 nitrogen and oxygen atoms in total. The van der Waals surface area contributed by atoms with Crippen molar-refractivity contribution in [1.82, 2.24) is 29.5 Å². The lowest BCUT2D eigenvalue weighted by molar-refractivity contribution is -0.141. The number of alkyl halides is 3. The number of imidazole rings is 1. The highest BCUT2D eigenvalue weighted by Gasteiger charge is 2.36. The molecule has 3 N–H and O–H groups in total. The summed E-state index contributed by atoms with van der Waals surface area (Å²) in [6.07, 6.45) is -1.62. The fourth-order valence-corrected chi connectivity index (χ4v) is 4.20. The Labute approximate surface area is 210 Å². The smallest absolute Gasteiger partial charge is 0.374 e. The van der Waals surface area contributed by atoms with E-state index in [2.05, 4.69) is 25.6 Å². The maximum atomic E-state index is 14.8. The molecule has 14 heteroatoms. The van der Waals surface area contributed by atoms with Gasteiger partial charge in [0.15, 0.2) is 5.69 Å². The molecule has 188 valence electrons. The van der Waals surface area contributed by atoms with Crippen LogP contribution in [0.1, 0.15) is 22.0 Å². The van der Waals surface area contributed by atoms with Gasteiger partial charge in [0, 0.05) is 35.8 Å². The second kappa shape index (κ2) is 9.13. The molecule has 2 aromatic carbocycles. The average molecular weight is 528 g/mol.